The molecule has 1 saturated heterocycles. The van der Waals surface area contributed by atoms with Crippen molar-refractivity contribution in [3.8, 4) is 0 Å². The summed E-state index contributed by atoms with van der Waals surface area (Å²) in [4.78, 5) is 11.3. The van der Waals surface area contributed by atoms with Gasteiger partial charge in [-0.1, -0.05) is 0 Å². The Hall–Kier alpha value is -0.640. The summed E-state index contributed by atoms with van der Waals surface area (Å²) >= 11 is 0. The second kappa shape index (κ2) is 3.25. The molecule has 1 saturated carbocycles. The van der Waals surface area contributed by atoms with Gasteiger partial charge in [-0.2, -0.15) is 0 Å². The molecule has 0 radical (unpaired) electrons. The molecular formula is C9H14FNO2. The molecule has 3 nitrogen and oxygen atoms in total. The van der Waals surface area contributed by atoms with Crippen molar-refractivity contribution in [3.63, 3.8) is 0 Å². The molecule has 4 atom stereocenters. The number of halogens is 1. The maximum absolute atomic E-state index is 13.2. The molecular weight excluding hydrogens is 173 g/mol. The zero-order valence-corrected chi connectivity index (χ0v) is 7.63. The first kappa shape index (κ1) is 8.94. The Labute approximate surface area is 76.6 Å². The number of ether oxygens (including phenoxy) is 1. The summed E-state index contributed by atoms with van der Waals surface area (Å²) in [5.41, 5.74) is 0. The molecule has 4 unspecified atom stereocenters. The highest BCUT2D eigenvalue weighted by Gasteiger charge is 2.48. The molecule has 13 heavy (non-hydrogen) atoms. The molecule has 1 aliphatic carbocycles. The second-order valence-corrected chi connectivity index (χ2v) is 3.83. The molecule has 2 fully saturated rings. The first-order chi connectivity index (χ1) is 6.24. The van der Waals surface area contributed by atoms with E-state index in [1.807, 2.05) is 0 Å². The Morgan fingerprint density at radius 3 is 2.92 bits per heavy atom. The van der Waals surface area contributed by atoms with E-state index in [9.17, 15) is 9.18 Å². The van der Waals surface area contributed by atoms with Crippen LogP contribution >= 0.6 is 0 Å². The molecule has 1 heterocycles. The fourth-order valence-corrected chi connectivity index (χ4v) is 2.54. The van der Waals surface area contributed by atoms with Crippen molar-refractivity contribution in [1.82, 2.24) is 5.32 Å². The van der Waals surface area contributed by atoms with Crippen LogP contribution in [0.4, 0.5) is 4.39 Å². The van der Waals surface area contributed by atoms with Crippen molar-refractivity contribution in [1.29, 1.82) is 0 Å². The maximum atomic E-state index is 13.2. The number of fused-ring (bicyclic) bond motifs is 1. The highest BCUT2D eigenvalue weighted by atomic mass is 19.1. The number of hydrogen-bond acceptors (Lipinski definition) is 3. The summed E-state index contributed by atoms with van der Waals surface area (Å²) < 4.78 is 17.9. The van der Waals surface area contributed by atoms with Crippen LogP contribution in [0.3, 0.4) is 0 Å². The molecule has 4 heteroatoms. The van der Waals surface area contributed by atoms with Gasteiger partial charge in [0.25, 0.3) is 0 Å². The Morgan fingerprint density at radius 1 is 1.46 bits per heavy atom. The molecule has 2 rings (SSSR count). The van der Waals surface area contributed by atoms with Crippen molar-refractivity contribution in [2.24, 2.45) is 11.8 Å². The van der Waals surface area contributed by atoms with Gasteiger partial charge in [-0.25, -0.2) is 4.39 Å². The van der Waals surface area contributed by atoms with E-state index in [-0.39, 0.29) is 23.8 Å². The Balaban J connectivity index is 2.06. The highest BCUT2D eigenvalue weighted by molar-refractivity contribution is 5.76. The Bertz CT molecular complexity index is 222. The fraction of sp³-hybridized carbons (Fsp3) is 0.889. The van der Waals surface area contributed by atoms with E-state index >= 15 is 0 Å². The number of hydrogen-bond donors (Lipinski definition) is 1. The normalized spacial score (nSPS) is 43.2. The van der Waals surface area contributed by atoms with Crippen LogP contribution in [0.1, 0.15) is 12.8 Å². The van der Waals surface area contributed by atoms with Crippen LogP contribution in [0.15, 0.2) is 0 Å². The van der Waals surface area contributed by atoms with E-state index in [0.29, 0.717) is 13.0 Å². The average Bonchev–Trinajstić information content (AvgIpc) is 2.68. The van der Waals surface area contributed by atoms with E-state index in [2.05, 4.69) is 10.1 Å². The molecule has 0 aromatic heterocycles. The maximum Gasteiger partial charge on any atom is 0.323 e. The first-order valence-corrected chi connectivity index (χ1v) is 4.69. The van der Waals surface area contributed by atoms with E-state index in [1.165, 1.54) is 7.11 Å². The lowest BCUT2D eigenvalue weighted by Gasteiger charge is -2.14. The van der Waals surface area contributed by atoms with E-state index in [0.717, 1.165) is 6.42 Å². The van der Waals surface area contributed by atoms with Gasteiger partial charge in [-0.15, -0.1) is 0 Å². The lowest BCUT2D eigenvalue weighted by molar-refractivity contribution is -0.143. The van der Waals surface area contributed by atoms with Gasteiger partial charge in [0.1, 0.15) is 12.2 Å². The third-order valence-corrected chi connectivity index (χ3v) is 3.25. The largest absolute Gasteiger partial charge is 0.468 e. The van der Waals surface area contributed by atoms with Crippen LogP contribution in [0, 0.1) is 11.8 Å². The minimum absolute atomic E-state index is 0.0316. The number of alkyl halides is 1. The van der Waals surface area contributed by atoms with Crippen LogP contribution in [0.2, 0.25) is 0 Å². The Kier molecular flexibility index (Phi) is 2.24. The Morgan fingerprint density at radius 2 is 2.23 bits per heavy atom. The van der Waals surface area contributed by atoms with Crippen molar-refractivity contribution in [3.05, 3.63) is 0 Å². The predicted molar refractivity (Wildman–Crippen MR) is 44.9 cm³/mol. The van der Waals surface area contributed by atoms with Crippen LogP contribution in [-0.4, -0.2) is 31.8 Å². The summed E-state index contributed by atoms with van der Waals surface area (Å²) in [6.45, 7) is 0.617. The number of nitrogens with one attached hydrogen (secondary N) is 1. The van der Waals surface area contributed by atoms with Crippen molar-refractivity contribution in [2.75, 3.05) is 13.7 Å². The third-order valence-electron chi connectivity index (χ3n) is 3.25. The van der Waals surface area contributed by atoms with Crippen LogP contribution in [0.25, 0.3) is 0 Å². The lowest BCUT2D eigenvalue weighted by atomic mass is 9.94. The van der Waals surface area contributed by atoms with Gasteiger partial charge in [-0.05, 0) is 18.8 Å². The van der Waals surface area contributed by atoms with Gasteiger partial charge in [0.15, 0.2) is 0 Å². The van der Waals surface area contributed by atoms with Crippen molar-refractivity contribution >= 4 is 5.97 Å². The molecule has 1 N–H and O–H groups in total. The minimum Gasteiger partial charge on any atom is -0.468 e. The molecule has 0 amide bonds. The lowest BCUT2D eigenvalue weighted by Crippen LogP contribution is -2.36. The standard InChI is InChI=1S/C9H14FNO2/c1-13-9(12)8-5-2-3-7(10)6(5)4-11-8/h5-8,11H,2-4H2,1H3. The van der Waals surface area contributed by atoms with Crippen molar-refractivity contribution in [2.45, 2.75) is 25.1 Å². The second-order valence-electron chi connectivity index (χ2n) is 3.83. The van der Waals surface area contributed by atoms with E-state index in [1.54, 1.807) is 0 Å². The highest BCUT2D eigenvalue weighted by Crippen LogP contribution is 2.39. The monoisotopic (exact) mass is 187 g/mol. The number of carbonyl (C=O) groups excluding carboxylic acids is 1. The van der Waals surface area contributed by atoms with Gasteiger partial charge < -0.3 is 10.1 Å². The smallest absolute Gasteiger partial charge is 0.323 e. The van der Waals surface area contributed by atoms with Crippen LogP contribution in [-0.2, 0) is 9.53 Å². The summed E-state index contributed by atoms with van der Waals surface area (Å²) in [6.07, 6.45) is 0.676. The molecule has 2 aliphatic rings. The van der Waals surface area contributed by atoms with Gasteiger partial charge >= 0.3 is 5.97 Å². The molecule has 74 valence electrons. The molecule has 0 aromatic carbocycles. The third kappa shape index (κ3) is 1.33. The zero-order valence-electron chi connectivity index (χ0n) is 7.63. The van der Waals surface area contributed by atoms with Gasteiger partial charge in [0, 0.05) is 12.5 Å². The van der Waals surface area contributed by atoms with Gasteiger partial charge in [0.2, 0.25) is 0 Å². The first-order valence-electron chi connectivity index (χ1n) is 4.69. The average molecular weight is 187 g/mol. The molecule has 0 aromatic rings. The quantitative estimate of drug-likeness (QED) is 0.607. The summed E-state index contributed by atoms with van der Waals surface area (Å²) in [5.74, 6) is -0.0619. The zero-order chi connectivity index (χ0) is 9.42. The number of methoxy groups -OCH3 is 1. The van der Waals surface area contributed by atoms with Crippen LogP contribution in [0.5, 0.6) is 0 Å². The van der Waals surface area contributed by atoms with E-state index in [4.69, 9.17) is 0 Å². The number of esters is 1. The number of carbonyl (C=O) groups is 1. The summed E-state index contributed by atoms with van der Waals surface area (Å²) in [5, 5.41) is 3.03. The predicted octanol–water partition coefficient (Wildman–Crippen LogP) is 0.495. The van der Waals surface area contributed by atoms with Crippen LogP contribution < -0.4 is 5.32 Å². The summed E-state index contributed by atoms with van der Waals surface area (Å²) in [7, 11) is 1.37. The minimum atomic E-state index is -0.729. The van der Waals surface area contributed by atoms with Gasteiger partial charge in [-0.3, -0.25) is 4.79 Å². The van der Waals surface area contributed by atoms with Crippen molar-refractivity contribution < 1.29 is 13.9 Å². The van der Waals surface area contributed by atoms with E-state index < -0.39 is 6.17 Å². The SMILES string of the molecule is COC(=O)C1NCC2C(F)CCC12. The summed E-state index contributed by atoms with van der Waals surface area (Å²) in [6, 6.07) is -0.268. The number of rotatable bonds is 1. The topological polar surface area (TPSA) is 38.3 Å². The molecule has 0 bridgehead atoms. The molecule has 1 aliphatic heterocycles. The van der Waals surface area contributed by atoms with Gasteiger partial charge in [0.05, 0.1) is 7.11 Å². The fourth-order valence-electron chi connectivity index (χ4n) is 2.54. The molecule has 0 spiro atoms.